The number of aliphatic hydroxyl groups excluding tert-OH is 1. The highest BCUT2D eigenvalue weighted by molar-refractivity contribution is 6.31. The molecule has 4 nitrogen and oxygen atoms in total. The fraction of sp³-hybridized carbons (Fsp3) is 0.300. The molecule has 4 N–H and O–H groups in total. The van der Waals surface area contributed by atoms with E-state index in [0.29, 0.717) is 16.4 Å². The maximum Gasteiger partial charge on any atom is 0.165 e. The van der Waals surface area contributed by atoms with Crippen molar-refractivity contribution in [3.8, 4) is 0 Å². The van der Waals surface area contributed by atoms with Gasteiger partial charge < -0.3 is 16.2 Å². The smallest absolute Gasteiger partial charge is 0.165 e. The highest BCUT2D eigenvalue weighted by Gasteiger charge is 2.22. The van der Waals surface area contributed by atoms with Gasteiger partial charge >= 0.3 is 0 Å². The van der Waals surface area contributed by atoms with Crippen molar-refractivity contribution in [1.82, 2.24) is 0 Å². The molecule has 0 amide bonds. The molecule has 80 valence electrons. The normalized spacial score (nSPS) is 21.3. The molecule has 0 radical (unpaired) electrons. The number of hydrogen-bond acceptors (Lipinski definition) is 4. The topological polar surface area (TPSA) is 70.6 Å². The minimum absolute atomic E-state index is 0.292. The summed E-state index contributed by atoms with van der Waals surface area (Å²) >= 11 is 5.85. The second-order valence-corrected chi connectivity index (χ2v) is 3.97. The second-order valence-electron chi connectivity index (χ2n) is 3.53. The highest BCUT2D eigenvalue weighted by Crippen LogP contribution is 2.32. The molecular formula is C10H12ClN3O. The summed E-state index contributed by atoms with van der Waals surface area (Å²) in [6.07, 6.45) is -0.821. The lowest BCUT2D eigenvalue weighted by Gasteiger charge is -2.25. The predicted octanol–water partition coefficient (Wildman–Crippen LogP) is 1.50. The minimum atomic E-state index is -0.821. The Bertz CT molecular complexity index is 417. The van der Waals surface area contributed by atoms with Crippen molar-refractivity contribution >= 4 is 28.7 Å². The third-order valence-electron chi connectivity index (χ3n) is 2.25. The van der Waals surface area contributed by atoms with Gasteiger partial charge in [-0.1, -0.05) is 11.6 Å². The van der Waals surface area contributed by atoms with Crippen molar-refractivity contribution in [2.24, 2.45) is 10.7 Å². The molecule has 15 heavy (non-hydrogen) atoms. The number of anilines is 1. The van der Waals surface area contributed by atoms with E-state index in [9.17, 15) is 5.11 Å². The molecule has 1 aliphatic heterocycles. The molecule has 1 unspecified atom stereocenters. The first-order valence-corrected chi connectivity index (χ1v) is 5.04. The Hall–Kier alpha value is -1.10. The van der Waals surface area contributed by atoms with Crippen molar-refractivity contribution in [3.05, 3.63) is 23.2 Å². The lowest BCUT2D eigenvalue weighted by Crippen LogP contribution is -2.42. The van der Waals surface area contributed by atoms with E-state index in [1.54, 1.807) is 25.1 Å². The van der Waals surface area contributed by atoms with Gasteiger partial charge in [-0.2, -0.15) is 0 Å². The average molecular weight is 226 g/mol. The Morgan fingerprint density at radius 3 is 3.00 bits per heavy atom. The number of nitrogens with zero attached hydrogens (tertiary/aromatic N) is 1. The Labute approximate surface area is 92.8 Å². The molecule has 1 heterocycles. The van der Waals surface area contributed by atoms with E-state index in [1.165, 1.54) is 0 Å². The van der Waals surface area contributed by atoms with Gasteiger partial charge in [-0.25, -0.2) is 4.99 Å². The lowest BCUT2D eigenvalue weighted by atomic mass is 10.1. The van der Waals surface area contributed by atoms with Gasteiger partial charge in [0.05, 0.1) is 17.1 Å². The summed E-state index contributed by atoms with van der Waals surface area (Å²) in [5.74, 6) is 0. The van der Waals surface area contributed by atoms with E-state index in [0.717, 1.165) is 5.69 Å². The van der Waals surface area contributed by atoms with Crippen LogP contribution in [-0.4, -0.2) is 23.1 Å². The standard InChI is InChI=1S/C10H12ClN3O/c1-5(12)9-10(15)14-7-3-2-6(11)4-8(7)13-9/h2-5,10,14-15H,12H2,1H3/t5-,10?/m0/s1. The van der Waals surface area contributed by atoms with Gasteiger partial charge in [0.1, 0.15) is 0 Å². The Morgan fingerprint density at radius 1 is 1.60 bits per heavy atom. The first kappa shape index (κ1) is 10.4. The van der Waals surface area contributed by atoms with Gasteiger partial charge in [0.15, 0.2) is 6.23 Å². The van der Waals surface area contributed by atoms with Crippen molar-refractivity contribution in [2.45, 2.75) is 19.2 Å². The van der Waals surface area contributed by atoms with Gasteiger partial charge in [-0.3, -0.25) is 0 Å². The fourth-order valence-corrected chi connectivity index (χ4v) is 1.66. The number of aliphatic hydroxyl groups is 1. The van der Waals surface area contributed by atoms with Crippen LogP contribution in [0.15, 0.2) is 23.2 Å². The van der Waals surface area contributed by atoms with Crippen LogP contribution in [0.3, 0.4) is 0 Å². The molecule has 0 saturated heterocycles. The Morgan fingerprint density at radius 2 is 2.33 bits per heavy atom. The molecule has 2 atom stereocenters. The molecule has 1 aromatic rings. The lowest BCUT2D eigenvalue weighted by molar-refractivity contribution is 0.265. The molecule has 1 aliphatic rings. The van der Waals surface area contributed by atoms with Gasteiger partial charge in [-0.05, 0) is 25.1 Å². The third-order valence-corrected chi connectivity index (χ3v) is 2.48. The molecule has 1 aromatic carbocycles. The summed E-state index contributed by atoms with van der Waals surface area (Å²) < 4.78 is 0. The molecule has 0 aromatic heterocycles. The molecule has 0 fully saturated rings. The third kappa shape index (κ3) is 1.97. The van der Waals surface area contributed by atoms with Gasteiger partial charge in [0, 0.05) is 11.1 Å². The number of benzene rings is 1. The van der Waals surface area contributed by atoms with Crippen LogP contribution in [0.25, 0.3) is 0 Å². The van der Waals surface area contributed by atoms with Crippen LogP contribution in [0, 0.1) is 0 Å². The maximum atomic E-state index is 9.70. The number of aliphatic imine (C=N–C) groups is 1. The van der Waals surface area contributed by atoms with Gasteiger partial charge in [0.25, 0.3) is 0 Å². The SMILES string of the molecule is C[C@H](N)C1=Nc2cc(Cl)ccc2NC1O. The largest absolute Gasteiger partial charge is 0.368 e. The zero-order valence-corrected chi connectivity index (χ0v) is 8.99. The molecular weight excluding hydrogens is 214 g/mol. The summed E-state index contributed by atoms with van der Waals surface area (Å²) in [7, 11) is 0. The molecule has 0 spiro atoms. The molecule has 5 heteroatoms. The van der Waals surface area contributed by atoms with Crippen LogP contribution in [-0.2, 0) is 0 Å². The summed E-state index contributed by atoms with van der Waals surface area (Å²) in [5.41, 5.74) is 7.68. The van der Waals surface area contributed by atoms with E-state index < -0.39 is 6.23 Å². The first-order chi connectivity index (χ1) is 7.08. The fourth-order valence-electron chi connectivity index (χ4n) is 1.49. The van der Waals surface area contributed by atoms with E-state index in [2.05, 4.69) is 10.3 Å². The van der Waals surface area contributed by atoms with Crippen LogP contribution < -0.4 is 11.1 Å². The predicted molar refractivity (Wildman–Crippen MR) is 61.8 cm³/mol. The van der Waals surface area contributed by atoms with Crippen LogP contribution in [0.5, 0.6) is 0 Å². The van der Waals surface area contributed by atoms with E-state index >= 15 is 0 Å². The number of halogens is 1. The summed E-state index contributed by atoms with van der Waals surface area (Å²) in [5, 5.41) is 13.2. The number of fused-ring (bicyclic) bond motifs is 1. The first-order valence-electron chi connectivity index (χ1n) is 4.66. The summed E-state index contributed by atoms with van der Waals surface area (Å²) in [6, 6.07) is 4.96. The number of rotatable bonds is 1. The van der Waals surface area contributed by atoms with E-state index in [4.69, 9.17) is 17.3 Å². The second kappa shape index (κ2) is 3.81. The van der Waals surface area contributed by atoms with Crippen LogP contribution in [0.2, 0.25) is 5.02 Å². The summed E-state index contributed by atoms with van der Waals surface area (Å²) in [6.45, 7) is 1.78. The molecule has 0 aliphatic carbocycles. The Kier molecular flexibility index (Phi) is 2.65. The Balaban J connectivity index is 2.47. The zero-order chi connectivity index (χ0) is 11.0. The molecule has 0 bridgehead atoms. The van der Waals surface area contributed by atoms with Crippen LogP contribution >= 0.6 is 11.6 Å². The van der Waals surface area contributed by atoms with E-state index in [1.807, 2.05) is 0 Å². The number of hydrogen-bond donors (Lipinski definition) is 3. The molecule has 2 rings (SSSR count). The zero-order valence-electron chi connectivity index (χ0n) is 8.24. The quantitative estimate of drug-likeness (QED) is 0.679. The number of nitrogens with two attached hydrogens (primary N) is 1. The molecule has 0 saturated carbocycles. The highest BCUT2D eigenvalue weighted by atomic mass is 35.5. The van der Waals surface area contributed by atoms with Gasteiger partial charge in [0.2, 0.25) is 0 Å². The van der Waals surface area contributed by atoms with Crippen molar-refractivity contribution in [2.75, 3.05) is 5.32 Å². The van der Waals surface area contributed by atoms with Crippen molar-refractivity contribution in [1.29, 1.82) is 0 Å². The van der Waals surface area contributed by atoms with E-state index in [-0.39, 0.29) is 6.04 Å². The monoisotopic (exact) mass is 225 g/mol. The van der Waals surface area contributed by atoms with Crippen LogP contribution in [0.1, 0.15) is 6.92 Å². The van der Waals surface area contributed by atoms with Crippen molar-refractivity contribution in [3.63, 3.8) is 0 Å². The van der Waals surface area contributed by atoms with Crippen LogP contribution in [0.4, 0.5) is 11.4 Å². The number of nitrogens with one attached hydrogen (secondary N) is 1. The summed E-state index contributed by atoms with van der Waals surface area (Å²) in [4.78, 5) is 4.28. The maximum absolute atomic E-state index is 9.70. The minimum Gasteiger partial charge on any atom is -0.368 e. The van der Waals surface area contributed by atoms with Gasteiger partial charge in [-0.15, -0.1) is 0 Å². The average Bonchev–Trinajstić information content (AvgIpc) is 2.17. The van der Waals surface area contributed by atoms with Crippen molar-refractivity contribution < 1.29 is 5.11 Å².